The van der Waals surface area contributed by atoms with Crippen molar-refractivity contribution in [1.82, 2.24) is 5.43 Å². The van der Waals surface area contributed by atoms with Crippen LogP contribution >= 0.6 is 12.2 Å². The van der Waals surface area contributed by atoms with Gasteiger partial charge in [0.05, 0.1) is 18.8 Å². The van der Waals surface area contributed by atoms with Crippen LogP contribution in [0.1, 0.15) is 98.0 Å². The number of aryl methyl sites for hydroxylation is 1. The molecule has 236 valence electrons. The van der Waals surface area contributed by atoms with Gasteiger partial charge in [0.2, 0.25) is 0 Å². The number of thiocarbonyl (C=S) groups is 1. The van der Waals surface area contributed by atoms with Gasteiger partial charge in [0, 0.05) is 35.1 Å². The molecule has 1 spiro atoms. The van der Waals surface area contributed by atoms with Crippen LogP contribution < -0.4 is 10.7 Å². The summed E-state index contributed by atoms with van der Waals surface area (Å²) in [5.74, 6) is 3.24. The monoisotopic (exact) mass is 607 g/mol. The van der Waals surface area contributed by atoms with E-state index in [0.29, 0.717) is 46.5 Å². The zero-order valence-corrected chi connectivity index (χ0v) is 27.7. The fraction of sp³-hybridized carbons (Fsp3) is 0.778. The number of aliphatic hydroxyl groups excluding tert-OH is 1. The zero-order valence-electron chi connectivity index (χ0n) is 26.9. The first-order valence-corrected chi connectivity index (χ1v) is 17.7. The lowest BCUT2D eigenvalue weighted by atomic mass is 9.44. The third kappa shape index (κ3) is 4.73. The molecule has 0 radical (unpaired) electrons. The number of ether oxygens (including phenoxy) is 2. The highest BCUT2D eigenvalue weighted by molar-refractivity contribution is 7.80. The minimum absolute atomic E-state index is 0.0670. The van der Waals surface area contributed by atoms with Crippen molar-refractivity contribution < 1.29 is 14.6 Å². The Kier molecular flexibility index (Phi) is 7.75. The number of fused-ring (bicyclic) bond motifs is 7. The van der Waals surface area contributed by atoms with Crippen molar-refractivity contribution in [2.75, 3.05) is 11.9 Å². The number of hydrogen-bond donors (Lipinski definition) is 3. The van der Waals surface area contributed by atoms with E-state index in [2.05, 4.69) is 63.6 Å². The standard InChI is InChI=1S/C36H53N3O3S/c1-6-23-9-7-8-10-29(23)37-33(43)39-38-31-19-27-26(12-11-24-17-25(40)14-15-34(24,27)4)28-18-30-32(35(28,31)5)22(3)36(42-30)16-13-21(2)20-41-36/h7-10,21-22,24-28,30,32,40H,6,11-20H2,1-5H3,(H2,37,39,43)/b38-31+/t21-,22+,24+,25+,26-,27+,28+,30+,32+,34+,35-,36-/m1/s1. The number of hydrogen-bond acceptors (Lipinski definition) is 5. The van der Waals surface area contributed by atoms with E-state index in [-0.39, 0.29) is 23.0 Å². The molecule has 6 fully saturated rings. The van der Waals surface area contributed by atoms with Gasteiger partial charge in [0.25, 0.3) is 0 Å². The molecule has 3 N–H and O–H groups in total. The van der Waals surface area contributed by atoms with E-state index in [9.17, 15) is 5.11 Å². The van der Waals surface area contributed by atoms with E-state index < -0.39 is 5.79 Å². The number of nitrogens with zero attached hydrogens (tertiary/aromatic N) is 1. The molecule has 6 aliphatic rings. The van der Waals surface area contributed by atoms with Crippen LogP contribution in [0.15, 0.2) is 29.4 Å². The summed E-state index contributed by atoms with van der Waals surface area (Å²) in [6.45, 7) is 12.7. The van der Waals surface area contributed by atoms with E-state index in [0.717, 1.165) is 57.2 Å². The molecule has 4 saturated carbocycles. The quantitative estimate of drug-likeness (QED) is 0.247. The highest BCUT2D eigenvalue weighted by Gasteiger charge is 2.71. The molecule has 2 saturated heterocycles. The second-order valence-electron chi connectivity index (χ2n) is 15.7. The Morgan fingerprint density at radius 2 is 1.88 bits per heavy atom. The summed E-state index contributed by atoms with van der Waals surface area (Å²) < 4.78 is 13.7. The summed E-state index contributed by atoms with van der Waals surface area (Å²) in [5, 5.41) is 19.9. The van der Waals surface area contributed by atoms with Crippen molar-refractivity contribution in [3.05, 3.63) is 29.8 Å². The first kappa shape index (κ1) is 30.1. The lowest BCUT2D eigenvalue weighted by Gasteiger charge is -2.61. The van der Waals surface area contributed by atoms with Crippen molar-refractivity contribution in [3.8, 4) is 0 Å². The number of hydrazone groups is 1. The predicted molar refractivity (Wildman–Crippen MR) is 176 cm³/mol. The molecule has 2 heterocycles. The van der Waals surface area contributed by atoms with Gasteiger partial charge in [-0.2, -0.15) is 5.10 Å². The van der Waals surface area contributed by atoms with Crippen LogP contribution in [0.2, 0.25) is 0 Å². The summed E-state index contributed by atoms with van der Waals surface area (Å²) in [5.41, 5.74) is 7.10. The SMILES string of the molecule is CCc1ccccc1NC(=S)N/N=C1\C[C@H]2[C@@H](CC[C@H]3C[C@@H](O)CC[C@@]32C)[C@@H]2C[C@@H]3O[C@]4(CC[C@@H](C)CO4)[C@@H](C)[C@@H]3[C@@]12C. The maximum Gasteiger partial charge on any atom is 0.191 e. The second-order valence-corrected chi connectivity index (χ2v) is 16.1. The second kappa shape index (κ2) is 11.1. The molecule has 1 aromatic carbocycles. The van der Waals surface area contributed by atoms with E-state index in [1.807, 2.05) is 6.07 Å². The minimum atomic E-state index is -0.449. The topological polar surface area (TPSA) is 75.1 Å². The normalized spacial score (nSPS) is 47.9. The van der Waals surface area contributed by atoms with Gasteiger partial charge in [0.15, 0.2) is 10.9 Å². The highest BCUT2D eigenvalue weighted by Crippen LogP contribution is 2.70. The number of benzene rings is 1. The number of aliphatic hydroxyl groups is 1. The lowest BCUT2D eigenvalue weighted by molar-refractivity contribution is -0.272. The van der Waals surface area contributed by atoms with Crippen LogP contribution in [0.4, 0.5) is 5.69 Å². The summed E-state index contributed by atoms with van der Waals surface area (Å²) >= 11 is 5.83. The molecule has 2 aliphatic heterocycles. The van der Waals surface area contributed by atoms with Gasteiger partial charge in [0.1, 0.15) is 0 Å². The van der Waals surface area contributed by atoms with Crippen LogP contribution in [-0.2, 0) is 15.9 Å². The summed E-state index contributed by atoms with van der Waals surface area (Å²) in [6, 6.07) is 8.36. The molecule has 0 bridgehead atoms. The number of nitrogens with one attached hydrogen (secondary N) is 2. The minimum Gasteiger partial charge on any atom is -0.393 e. The van der Waals surface area contributed by atoms with Gasteiger partial charge in [-0.1, -0.05) is 52.8 Å². The first-order chi connectivity index (χ1) is 20.6. The highest BCUT2D eigenvalue weighted by atomic mass is 32.1. The van der Waals surface area contributed by atoms with Gasteiger partial charge in [-0.05, 0) is 117 Å². The molecule has 6 nitrogen and oxygen atoms in total. The lowest BCUT2D eigenvalue weighted by Crippen LogP contribution is -2.58. The number of rotatable bonds is 3. The molecule has 0 amide bonds. The maximum atomic E-state index is 10.6. The summed E-state index contributed by atoms with van der Waals surface area (Å²) in [7, 11) is 0. The van der Waals surface area contributed by atoms with Crippen LogP contribution in [0, 0.1) is 52.3 Å². The maximum absolute atomic E-state index is 10.6. The Labute approximate surface area is 264 Å². The molecular formula is C36H53N3O3S. The average molecular weight is 608 g/mol. The molecule has 43 heavy (non-hydrogen) atoms. The molecule has 0 aromatic heterocycles. The van der Waals surface area contributed by atoms with Gasteiger partial charge in [-0.3, -0.25) is 5.43 Å². The Hall–Kier alpha value is -1.54. The smallest absolute Gasteiger partial charge is 0.191 e. The van der Waals surface area contributed by atoms with Crippen molar-refractivity contribution in [1.29, 1.82) is 0 Å². The molecule has 7 rings (SSSR count). The van der Waals surface area contributed by atoms with E-state index in [4.69, 9.17) is 26.8 Å². The Balaban J connectivity index is 1.22. The number of para-hydroxylation sites is 1. The Morgan fingerprint density at radius 3 is 2.65 bits per heavy atom. The number of anilines is 1. The third-order valence-electron chi connectivity index (χ3n) is 13.7. The van der Waals surface area contributed by atoms with Gasteiger partial charge >= 0.3 is 0 Å². The molecular weight excluding hydrogens is 554 g/mol. The largest absolute Gasteiger partial charge is 0.393 e. The molecule has 0 unspecified atom stereocenters. The molecule has 1 aromatic rings. The van der Waals surface area contributed by atoms with Crippen LogP contribution in [-0.4, -0.2) is 40.5 Å². The van der Waals surface area contributed by atoms with E-state index in [1.165, 1.54) is 30.5 Å². The van der Waals surface area contributed by atoms with Gasteiger partial charge < -0.3 is 19.9 Å². The first-order valence-electron chi connectivity index (χ1n) is 17.3. The molecule has 12 atom stereocenters. The fourth-order valence-electron chi connectivity index (χ4n) is 11.3. The van der Waals surface area contributed by atoms with Crippen molar-refractivity contribution in [2.45, 2.75) is 117 Å². The third-order valence-corrected chi connectivity index (χ3v) is 13.9. The van der Waals surface area contributed by atoms with Gasteiger partial charge in [-0.25, -0.2) is 0 Å². The Morgan fingerprint density at radius 1 is 1.07 bits per heavy atom. The summed E-state index contributed by atoms with van der Waals surface area (Å²) in [6.07, 6.45) is 10.8. The predicted octanol–water partition coefficient (Wildman–Crippen LogP) is 7.31. The zero-order chi connectivity index (χ0) is 30.1. The van der Waals surface area contributed by atoms with Crippen LogP contribution in [0.5, 0.6) is 0 Å². The Bertz CT molecular complexity index is 1260. The fourth-order valence-corrected chi connectivity index (χ4v) is 11.5. The van der Waals surface area contributed by atoms with E-state index in [1.54, 1.807) is 0 Å². The summed E-state index contributed by atoms with van der Waals surface area (Å²) in [4.78, 5) is 0. The van der Waals surface area contributed by atoms with E-state index >= 15 is 0 Å². The van der Waals surface area contributed by atoms with Crippen molar-refractivity contribution in [3.63, 3.8) is 0 Å². The van der Waals surface area contributed by atoms with Crippen molar-refractivity contribution in [2.24, 2.45) is 57.4 Å². The van der Waals surface area contributed by atoms with Crippen LogP contribution in [0.25, 0.3) is 0 Å². The molecule has 4 aliphatic carbocycles. The molecule has 7 heteroatoms. The van der Waals surface area contributed by atoms with Gasteiger partial charge in [-0.15, -0.1) is 0 Å². The van der Waals surface area contributed by atoms with Crippen molar-refractivity contribution >= 4 is 28.7 Å². The average Bonchev–Trinajstić information content (AvgIpc) is 3.44. The van der Waals surface area contributed by atoms with Crippen LogP contribution in [0.3, 0.4) is 0 Å².